The van der Waals surface area contributed by atoms with E-state index in [1.807, 2.05) is 16.1 Å². The average molecular weight is 338 g/mol. The van der Waals surface area contributed by atoms with Crippen molar-refractivity contribution in [2.75, 3.05) is 7.11 Å². The van der Waals surface area contributed by atoms with Crippen LogP contribution in [0, 0.1) is 6.92 Å². The van der Waals surface area contributed by atoms with Crippen molar-refractivity contribution in [3.63, 3.8) is 0 Å². The average Bonchev–Trinajstić information content (AvgIpc) is 3.03. The first-order chi connectivity index (χ1) is 11.7. The van der Waals surface area contributed by atoms with Gasteiger partial charge < -0.3 is 9.30 Å². The van der Waals surface area contributed by atoms with Gasteiger partial charge in [0.15, 0.2) is 4.80 Å². The Balaban J connectivity index is 1.87. The first-order valence-electron chi connectivity index (χ1n) is 7.58. The summed E-state index contributed by atoms with van der Waals surface area (Å²) in [5.41, 5.74) is 2.92. The maximum atomic E-state index is 12.4. The Morgan fingerprint density at radius 2 is 2.00 bits per heavy atom. The third-order valence-corrected chi connectivity index (χ3v) is 4.44. The second kappa shape index (κ2) is 7.27. The third-order valence-electron chi connectivity index (χ3n) is 3.65. The van der Waals surface area contributed by atoms with Crippen molar-refractivity contribution in [3.8, 4) is 5.75 Å². The van der Waals surface area contributed by atoms with E-state index in [0.29, 0.717) is 22.7 Å². The van der Waals surface area contributed by atoms with E-state index >= 15 is 0 Å². The summed E-state index contributed by atoms with van der Waals surface area (Å²) < 4.78 is 7.14. The molecular weight excluding hydrogens is 320 g/mol. The van der Waals surface area contributed by atoms with Crippen molar-refractivity contribution in [2.45, 2.75) is 13.5 Å². The first kappa shape index (κ1) is 16.2. The maximum Gasteiger partial charge on any atom is 0.279 e. The molecule has 0 aliphatic rings. The smallest absolute Gasteiger partial charge is 0.279 e. The molecule has 1 heterocycles. The number of nitrogens with zero attached hydrogens (tertiary/aromatic N) is 2. The van der Waals surface area contributed by atoms with Crippen LogP contribution in [-0.4, -0.2) is 17.6 Å². The molecule has 0 atom stereocenters. The molecule has 0 saturated carbocycles. The maximum absolute atomic E-state index is 12.4. The van der Waals surface area contributed by atoms with Crippen molar-refractivity contribution in [1.82, 2.24) is 4.57 Å². The molecule has 0 radical (unpaired) electrons. The Hall–Kier alpha value is -2.66. The lowest BCUT2D eigenvalue weighted by molar-refractivity contribution is 0.0997. The van der Waals surface area contributed by atoms with Crippen molar-refractivity contribution in [2.24, 2.45) is 4.99 Å². The number of rotatable bonds is 4. The van der Waals surface area contributed by atoms with Crippen LogP contribution in [0.2, 0.25) is 0 Å². The summed E-state index contributed by atoms with van der Waals surface area (Å²) in [6, 6.07) is 15.4. The number of aromatic nitrogens is 1. The van der Waals surface area contributed by atoms with Gasteiger partial charge in [-0.3, -0.25) is 4.79 Å². The van der Waals surface area contributed by atoms with Crippen molar-refractivity contribution < 1.29 is 9.53 Å². The van der Waals surface area contributed by atoms with Crippen LogP contribution in [0.4, 0.5) is 0 Å². The normalized spacial score (nSPS) is 11.5. The van der Waals surface area contributed by atoms with Crippen LogP contribution in [0.15, 0.2) is 65.1 Å². The molecule has 0 bridgehead atoms. The molecule has 0 N–H and O–H groups in total. The van der Waals surface area contributed by atoms with Gasteiger partial charge in [-0.15, -0.1) is 11.3 Å². The monoisotopic (exact) mass is 338 g/mol. The number of hydrogen-bond acceptors (Lipinski definition) is 3. The zero-order chi connectivity index (χ0) is 16.9. The standard InChI is InChI=1S/C19H18N2O2S/c1-14-6-8-15(9-7-14)13-21-10-11-24-19(21)20-18(22)16-4-3-5-17(12-16)23-2/h3-12H,13H2,1-2H3. The largest absolute Gasteiger partial charge is 0.497 e. The Morgan fingerprint density at radius 3 is 2.75 bits per heavy atom. The van der Waals surface area contributed by atoms with Gasteiger partial charge in [0.05, 0.1) is 7.11 Å². The number of thiazole rings is 1. The number of aryl methyl sites for hydroxylation is 1. The van der Waals surface area contributed by atoms with Crippen molar-refractivity contribution in [3.05, 3.63) is 81.6 Å². The Labute approximate surface area is 144 Å². The lowest BCUT2D eigenvalue weighted by Gasteiger charge is -2.04. The topological polar surface area (TPSA) is 43.6 Å². The highest BCUT2D eigenvalue weighted by atomic mass is 32.1. The van der Waals surface area contributed by atoms with Gasteiger partial charge in [-0.05, 0) is 30.7 Å². The molecule has 3 rings (SSSR count). The predicted molar refractivity (Wildman–Crippen MR) is 95.5 cm³/mol. The summed E-state index contributed by atoms with van der Waals surface area (Å²) in [6.07, 6.45) is 1.95. The third kappa shape index (κ3) is 3.81. The van der Waals surface area contributed by atoms with E-state index in [9.17, 15) is 4.79 Å². The van der Waals surface area contributed by atoms with Crippen molar-refractivity contribution in [1.29, 1.82) is 0 Å². The van der Waals surface area contributed by atoms with E-state index in [4.69, 9.17) is 4.74 Å². The first-order valence-corrected chi connectivity index (χ1v) is 8.46. The Bertz CT molecular complexity index is 907. The van der Waals surface area contributed by atoms with E-state index in [1.165, 1.54) is 22.5 Å². The number of hydrogen-bond donors (Lipinski definition) is 0. The van der Waals surface area contributed by atoms with Gasteiger partial charge in [0.25, 0.3) is 5.91 Å². The van der Waals surface area contributed by atoms with Crippen LogP contribution in [0.3, 0.4) is 0 Å². The lowest BCUT2D eigenvalue weighted by Crippen LogP contribution is -2.17. The molecule has 2 aromatic carbocycles. The van der Waals surface area contributed by atoms with E-state index in [0.717, 1.165) is 0 Å². The molecule has 0 unspecified atom stereocenters. The fraction of sp³-hybridized carbons (Fsp3) is 0.158. The molecular formula is C19H18N2O2S. The van der Waals surface area contributed by atoms with Gasteiger partial charge in [-0.1, -0.05) is 35.9 Å². The zero-order valence-electron chi connectivity index (χ0n) is 13.6. The summed E-state index contributed by atoms with van der Waals surface area (Å²) in [5, 5.41) is 1.94. The number of amides is 1. The van der Waals surface area contributed by atoms with Crippen LogP contribution < -0.4 is 9.54 Å². The molecule has 1 aromatic heterocycles. The fourth-order valence-electron chi connectivity index (χ4n) is 2.30. The molecule has 1 amide bonds. The van der Waals surface area contributed by atoms with Crippen LogP contribution in [0.1, 0.15) is 21.5 Å². The molecule has 24 heavy (non-hydrogen) atoms. The second-order valence-corrected chi connectivity index (χ2v) is 6.32. The van der Waals surface area contributed by atoms with E-state index in [2.05, 4.69) is 36.2 Å². The predicted octanol–water partition coefficient (Wildman–Crippen LogP) is 3.66. The van der Waals surface area contributed by atoms with E-state index in [-0.39, 0.29) is 5.91 Å². The molecule has 5 heteroatoms. The SMILES string of the molecule is COc1cccc(C(=O)N=c2sccn2Cc2ccc(C)cc2)c1. The quantitative estimate of drug-likeness (QED) is 0.729. The van der Waals surface area contributed by atoms with Gasteiger partial charge >= 0.3 is 0 Å². The van der Waals surface area contributed by atoms with Crippen LogP contribution in [0.5, 0.6) is 5.75 Å². The van der Waals surface area contributed by atoms with E-state index in [1.54, 1.807) is 31.4 Å². The Kier molecular flexibility index (Phi) is 4.91. The van der Waals surface area contributed by atoms with Gasteiger partial charge in [-0.2, -0.15) is 4.99 Å². The second-order valence-electron chi connectivity index (χ2n) is 5.45. The minimum Gasteiger partial charge on any atom is -0.497 e. The zero-order valence-corrected chi connectivity index (χ0v) is 14.4. The molecule has 0 spiro atoms. The van der Waals surface area contributed by atoms with Crippen LogP contribution >= 0.6 is 11.3 Å². The number of benzene rings is 2. The lowest BCUT2D eigenvalue weighted by atomic mass is 10.1. The summed E-state index contributed by atoms with van der Waals surface area (Å²) in [4.78, 5) is 17.3. The highest BCUT2D eigenvalue weighted by molar-refractivity contribution is 7.07. The van der Waals surface area contributed by atoms with Crippen LogP contribution in [0.25, 0.3) is 0 Å². The number of methoxy groups -OCH3 is 1. The number of ether oxygens (including phenoxy) is 1. The molecule has 4 nitrogen and oxygen atoms in total. The minimum atomic E-state index is -0.269. The fourth-order valence-corrected chi connectivity index (χ4v) is 3.03. The number of carbonyl (C=O) groups excluding carboxylic acids is 1. The van der Waals surface area contributed by atoms with Gasteiger partial charge in [0, 0.05) is 23.7 Å². The molecule has 0 aliphatic carbocycles. The highest BCUT2D eigenvalue weighted by Crippen LogP contribution is 2.13. The van der Waals surface area contributed by atoms with Gasteiger partial charge in [-0.25, -0.2) is 0 Å². The molecule has 0 fully saturated rings. The number of carbonyl (C=O) groups is 1. The summed E-state index contributed by atoms with van der Waals surface area (Å²) >= 11 is 1.45. The summed E-state index contributed by atoms with van der Waals surface area (Å²) in [5.74, 6) is 0.378. The Morgan fingerprint density at radius 1 is 1.21 bits per heavy atom. The summed E-state index contributed by atoms with van der Waals surface area (Å²) in [7, 11) is 1.58. The van der Waals surface area contributed by atoms with Crippen LogP contribution in [-0.2, 0) is 6.54 Å². The van der Waals surface area contributed by atoms with E-state index < -0.39 is 0 Å². The molecule has 0 saturated heterocycles. The highest BCUT2D eigenvalue weighted by Gasteiger charge is 2.06. The molecule has 3 aromatic rings. The minimum absolute atomic E-state index is 0.269. The van der Waals surface area contributed by atoms with Gasteiger partial charge in [0.1, 0.15) is 5.75 Å². The van der Waals surface area contributed by atoms with Gasteiger partial charge in [0.2, 0.25) is 0 Å². The molecule has 122 valence electrons. The van der Waals surface area contributed by atoms with Crippen molar-refractivity contribution >= 4 is 17.2 Å². The summed E-state index contributed by atoms with van der Waals surface area (Å²) in [6.45, 7) is 2.75. The molecule has 0 aliphatic heterocycles.